The van der Waals surface area contributed by atoms with Crippen molar-refractivity contribution in [3.05, 3.63) is 42.2 Å². The Balaban J connectivity index is 1.85. The zero-order valence-corrected chi connectivity index (χ0v) is 12.3. The first-order valence-corrected chi connectivity index (χ1v) is 7.02. The number of carbonyl (C=O) groups is 1. The van der Waals surface area contributed by atoms with E-state index in [0.717, 1.165) is 29.9 Å². The van der Waals surface area contributed by atoms with Gasteiger partial charge in [-0.25, -0.2) is 0 Å². The predicted molar refractivity (Wildman–Crippen MR) is 80.0 cm³/mol. The van der Waals surface area contributed by atoms with Gasteiger partial charge in [0.15, 0.2) is 0 Å². The monoisotopic (exact) mass is 288 g/mol. The first-order chi connectivity index (χ1) is 10.1. The number of hydrogen-bond donors (Lipinski definition) is 1. The van der Waals surface area contributed by atoms with E-state index in [-0.39, 0.29) is 0 Å². The van der Waals surface area contributed by atoms with Crippen molar-refractivity contribution in [2.75, 3.05) is 13.6 Å². The Bertz CT molecular complexity index is 580. The smallest absolute Gasteiger partial charge is 0.320 e. The molecular formula is C16H20N2O3. The third kappa shape index (κ3) is 4.16. The second kappa shape index (κ2) is 7.04. The number of aryl methyl sites for hydroxylation is 1. The van der Waals surface area contributed by atoms with Crippen LogP contribution in [-0.4, -0.2) is 40.8 Å². The molecular weight excluding hydrogens is 268 g/mol. The molecule has 1 aromatic carbocycles. The van der Waals surface area contributed by atoms with Crippen molar-refractivity contribution < 1.29 is 14.4 Å². The quantitative estimate of drug-likeness (QED) is 0.848. The topological polar surface area (TPSA) is 66.6 Å². The molecule has 1 heterocycles. The fourth-order valence-electron chi connectivity index (χ4n) is 2.06. The lowest BCUT2D eigenvalue weighted by Crippen LogP contribution is -2.36. The van der Waals surface area contributed by atoms with Crippen molar-refractivity contribution in [1.29, 1.82) is 0 Å². The molecule has 2 rings (SSSR count). The molecule has 0 fully saturated rings. The van der Waals surface area contributed by atoms with Gasteiger partial charge in [0.05, 0.1) is 0 Å². The summed E-state index contributed by atoms with van der Waals surface area (Å²) in [6, 6.07) is 11.3. The van der Waals surface area contributed by atoms with E-state index in [9.17, 15) is 4.79 Å². The lowest BCUT2D eigenvalue weighted by atomic mass is 10.1. The highest BCUT2D eigenvalue weighted by Gasteiger charge is 2.16. The molecule has 0 aliphatic heterocycles. The van der Waals surface area contributed by atoms with Crippen LogP contribution in [0.1, 0.15) is 19.1 Å². The minimum Gasteiger partial charge on any atom is -0.480 e. The van der Waals surface area contributed by atoms with E-state index in [1.807, 2.05) is 48.3 Å². The van der Waals surface area contributed by atoms with Crippen LogP contribution in [0.4, 0.5) is 0 Å². The van der Waals surface area contributed by atoms with Gasteiger partial charge in [0.1, 0.15) is 17.5 Å². The minimum atomic E-state index is -0.802. The summed E-state index contributed by atoms with van der Waals surface area (Å²) in [4.78, 5) is 12.7. The highest BCUT2D eigenvalue weighted by Crippen LogP contribution is 2.19. The molecule has 5 heteroatoms. The summed E-state index contributed by atoms with van der Waals surface area (Å²) < 4.78 is 5.32. The fraction of sp³-hybridized carbons (Fsp3) is 0.375. The SMILES string of the molecule is C[C@H](C(=O)O)N(C)CCCc1cc(-c2ccccc2)no1. The van der Waals surface area contributed by atoms with E-state index < -0.39 is 12.0 Å². The van der Waals surface area contributed by atoms with Crippen LogP contribution in [0.3, 0.4) is 0 Å². The molecule has 112 valence electrons. The van der Waals surface area contributed by atoms with Gasteiger partial charge in [-0.2, -0.15) is 0 Å². The average Bonchev–Trinajstić information content (AvgIpc) is 2.96. The second-order valence-corrected chi connectivity index (χ2v) is 5.14. The number of nitrogens with zero attached hydrogens (tertiary/aromatic N) is 2. The van der Waals surface area contributed by atoms with E-state index in [2.05, 4.69) is 5.16 Å². The third-order valence-electron chi connectivity index (χ3n) is 3.58. The van der Waals surface area contributed by atoms with Gasteiger partial charge >= 0.3 is 5.97 Å². The molecule has 2 aromatic rings. The Morgan fingerprint density at radius 2 is 2.10 bits per heavy atom. The number of carboxylic acids is 1. The van der Waals surface area contributed by atoms with E-state index >= 15 is 0 Å². The van der Waals surface area contributed by atoms with E-state index in [0.29, 0.717) is 6.54 Å². The van der Waals surface area contributed by atoms with Crippen LogP contribution in [0, 0.1) is 0 Å². The van der Waals surface area contributed by atoms with Gasteiger partial charge in [-0.05, 0) is 26.9 Å². The van der Waals surface area contributed by atoms with Crippen LogP contribution in [0.15, 0.2) is 40.9 Å². The standard InChI is InChI=1S/C16H20N2O3/c1-12(16(19)20)18(2)10-6-9-14-11-15(17-21-14)13-7-4-3-5-8-13/h3-5,7-8,11-12H,6,9-10H2,1-2H3,(H,19,20)/t12-/m1/s1. The Kier molecular flexibility index (Phi) is 5.11. The Morgan fingerprint density at radius 3 is 2.76 bits per heavy atom. The molecule has 21 heavy (non-hydrogen) atoms. The highest BCUT2D eigenvalue weighted by molar-refractivity contribution is 5.72. The minimum absolute atomic E-state index is 0.473. The number of aliphatic carboxylic acids is 1. The van der Waals surface area contributed by atoms with E-state index in [4.69, 9.17) is 9.63 Å². The molecule has 0 amide bonds. The summed E-state index contributed by atoms with van der Waals surface area (Å²) in [6.45, 7) is 2.39. The van der Waals surface area contributed by atoms with Gasteiger partial charge in [-0.1, -0.05) is 35.5 Å². The van der Waals surface area contributed by atoms with Gasteiger partial charge in [0.2, 0.25) is 0 Å². The van der Waals surface area contributed by atoms with Crippen molar-refractivity contribution in [2.24, 2.45) is 0 Å². The first-order valence-electron chi connectivity index (χ1n) is 7.02. The summed E-state index contributed by atoms with van der Waals surface area (Å²) in [5.41, 5.74) is 1.86. The maximum absolute atomic E-state index is 10.9. The summed E-state index contributed by atoms with van der Waals surface area (Å²) in [6.07, 6.45) is 1.58. The number of benzene rings is 1. The van der Waals surface area contributed by atoms with Crippen LogP contribution < -0.4 is 0 Å². The number of hydrogen-bond acceptors (Lipinski definition) is 4. The molecule has 0 saturated heterocycles. The lowest BCUT2D eigenvalue weighted by Gasteiger charge is -2.20. The van der Waals surface area contributed by atoms with Gasteiger partial charge in [0, 0.05) is 18.1 Å². The fourth-order valence-corrected chi connectivity index (χ4v) is 2.06. The van der Waals surface area contributed by atoms with Gasteiger partial charge < -0.3 is 9.63 Å². The summed E-state index contributed by atoms with van der Waals surface area (Å²) in [5.74, 6) is 0.0220. The summed E-state index contributed by atoms with van der Waals surface area (Å²) >= 11 is 0. The molecule has 0 spiro atoms. The highest BCUT2D eigenvalue weighted by atomic mass is 16.5. The molecule has 0 bridgehead atoms. The third-order valence-corrected chi connectivity index (χ3v) is 3.58. The first kappa shape index (κ1) is 15.3. The maximum Gasteiger partial charge on any atom is 0.320 e. The zero-order valence-electron chi connectivity index (χ0n) is 12.3. The van der Waals surface area contributed by atoms with Crippen LogP contribution in [0.2, 0.25) is 0 Å². The van der Waals surface area contributed by atoms with Crippen molar-refractivity contribution in [1.82, 2.24) is 10.1 Å². The largest absolute Gasteiger partial charge is 0.480 e. The molecule has 0 aliphatic carbocycles. The van der Waals surface area contributed by atoms with Gasteiger partial charge in [0.25, 0.3) is 0 Å². The van der Waals surface area contributed by atoms with Crippen molar-refractivity contribution in [2.45, 2.75) is 25.8 Å². The lowest BCUT2D eigenvalue weighted by molar-refractivity contribution is -0.142. The number of likely N-dealkylation sites (N-methyl/N-ethyl adjacent to an activating group) is 1. The Hall–Kier alpha value is -2.14. The molecule has 5 nitrogen and oxygen atoms in total. The van der Waals surface area contributed by atoms with Gasteiger partial charge in [-0.3, -0.25) is 9.69 Å². The molecule has 1 N–H and O–H groups in total. The average molecular weight is 288 g/mol. The normalized spacial score (nSPS) is 12.5. The van der Waals surface area contributed by atoms with Crippen molar-refractivity contribution in [3.63, 3.8) is 0 Å². The van der Waals surface area contributed by atoms with E-state index in [1.165, 1.54) is 0 Å². The second-order valence-electron chi connectivity index (χ2n) is 5.14. The van der Waals surface area contributed by atoms with Crippen molar-refractivity contribution >= 4 is 5.97 Å². The number of rotatable bonds is 7. The van der Waals surface area contributed by atoms with Crippen LogP contribution in [0.5, 0.6) is 0 Å². The summed E-state index contributed by atoms with van der Waals surface area (Å²) in [7, 11) is 1.81. The molecule has 0 aliphatic rings. The van der Waals surface area contributed by atoms with Crippen LogP contribution >= 0.6 is 0 Å². The molecule has 0 radical (unpaired) electrons. The predicted octanol–water partition coefficient (Wildman–Crippen LogP) is 2.68. The molecule has 0 unspecified atom stereocenters. The van der Waals surface area contributed by atoms with Crippen molar-refractivity contribution in [3.8, 4) is 11.3 Å². The zero-order chi connectivity index (χ0) is 15.2. The van der Waals surface area contributed by atoms with Crippen LogP contribution in [-0.2, 0) is 11.2 Å². The molecule has 1 aromatic heterocycles. The number of aromatic nitrogens is 1. The van der Waals surface area contributed by atoms with E-state index in [1.54, 1.807) is 6.92 Å². The van der Waals surface area contributed by atoms with Crippen LogP contribution in [0.25, 0.3) is 11.3 Å². The maximum atomic E-state index is 10.9. The van der Waals surface area contributed by atoms with Gasteiger partial charge in [-0.15, -0.1) is 0 Å². The number of carboxylic acid groups (broad SMARTS) is 1. The Morgan fingerprint density at radius 1 is 1.38 bits per heavy atom. The summed E-state index contributed by atoms with van der Waals surface area (Å²) in [5, 5.41) is 13.0. The molecule has 1 atom stereocenters. The molecule has 0 saturated carbocycles. The Labute approximate surface area is 124 Å².